The van der Waals surface area contributed by atoms with Gasteiger partial charge in [0.25, 0.3) is 5.95 Å². The van der Waals surface area contributed by atoms with Gasteiger partial charge in [-0.15, -0.1) is 0 Å². The lowest BCUT2D eigenvalue weighted by atomic mass is 10.7. The molecule has 7 heteroatoms. The number of nitrogens with zero attached hydrogens (tertiary/aromatic N) is 4. The van der Waals surface area contributed by atoms with E-state index < -0.39 is 0 Å². The first-order chi connectivity index (χ1) is 7.17. The number of nitrogens with one attached hydrogen (secondary N) is 1. The molecule has 0 fully saturated rings. The smallest absolute Gasteiger partial charge is 0.255 e. The zero-order valence-electron chi connectivity index (χ0n) is 8.47. The van der Waals surface area contributed by atoms with Crippen molar-refractivity contribution in [1.82, 2.24) is 15.0 Å². The Bertz CT molecular complexity index is 320. The van der Waals surface area contributed by atoms with E-state index in [1.807, 2.05) is 0 Å². The Morgan fingerprint density at radius 3 is 2.67 bits per heavy atom. The van der Waals surface area contributed by atoms with Gasteiger partial charge in [0, 0.05) is 14.0 Å². The van der Waals surface area contributed by atoms with Crippen LogP contribution in [0.4, 0.5) is 11.9 Å². The lowest BCUT2D eigenvalue weighted by molar-refractivity contribution is 0.190. The van der Waals surface area contributed by atoms with Crippen molar-refractivity contribution in [1.29, 1.82) is 0 Å². The Hall–Kier alpha value is -1.47. The maximum atomic E-state index is 5.44. The Morgan fingerprint density at radius 2 is 2.07 bits per heavy atom. The predicted octanol–water partition coefficient (Wildman–Crippen LogP) is -0.0170. The van der Waals surface area contributed by atoms with Crippen molar-refractivity contribution in [2.75, 3.05) is 31.3 Å². The van der Waals surface area contributed by atoms with Crippen molar-refractivity contribution < 1.29 is 9.57 Å². The molecular formula is C8H11N5O2. The molecule has 15 heavy (non-hydrogen) atoms. The van der Waals surface area contributed by atoms with Crippen LogP contribution < -0.4 is 10.4 Å². The Labute approximate surface area is 88.4 Å². The highest BCUT2D eigenvalue weighted by molar-refractivity contribution is 5.35. The quantitative estimate of drug-likeness (QED) is 0.415. The summed E-state index contributed by atoms with van der Waals surface area (Å²) in [5.74, 6) is 0.390. The molecule has 0 unspecified atom stereocenters. The fourth-order valence-electron chi connectivity index (χ4n) is 0.777. The van der Waals surface area contributed by atoms with Gasteiger partial charge in [-0.1, -0.05) is 0 Å². The molecular weight excluding hydrogens is 198 g/mol. The van der Waals surface area contributed by atoms with Crippen molar-refractivity contribution in [3.8, 4) is 0 Å². The number of hydrogen-bond acceptors (Lipinski definition) is 7. The van der Waals surface area contributed by atoms with E-state index in [9.17, 15) is 0 Å². The number of rotatable bonds is 5. The van der Waals surface area contributed by atoms with Gasteiger partial charge in [0.2, 0.25) is 5.95 Å². The zero-order valence-corrected chi connectivity index (χ0v) is 8.47. The second kappa shape index (κ2) is 5.42. The Balaban J connectivity index is 2.84. The van der Waals surface area contributed by atoms with Gasteiger partial charge in [0.1, 0.15) is 19.6 Å². The highest BCUT2D eigenvalue weighted by atomic mass is 16.7. The molecule has 80 valence electrons. The molecule has 1 rings (SSSR count). The fourth-order valence-corrected chi connectivity index (χ4v) is 0.777. The molecule has 0 bridgehead atoms. The van der Waals surface area contributed by atoms with Crippen molar-refractivity contribution in [3.05, 3.63) is 19.8 Å². The van der Waals surface area contributed by atoms with Gasteiger partial charge < -0.3 is 10.1 Å². The molecule has 0 atom stereocenters. The summed E-state index contributed by atoms with van der Waals surface area (Å²) in [6.45, 7) is 5.69. The molecule has 4 radical (unpaired) electrons. The molecule has 0 aliphatic carbocycles. The molecule has 1 aromatic heterocycles. The first-order valence-corrected chi connectivity index (χ1v) is 4.00. The van der Waals surface area contributed by atoms with Crippen LogP contribution in [0.1, 0.15) is 5.82 Å². The molecule has 0 aliphatic heterocycles. The lowest BCUT2D eigenvalue weighted by Crippen LogP contribution is -2.18. The lowest BCUT2D eigenvalue weighted by Gasteiger charge is -2.13. The Morgan fingerprint density at radius 1 is 1.33 bits per heavy atom. The molecule has 0 spiro atoms. The van der Waals surface area contributed by atoms with Crippen molar-refractivity contribution in [2.24, 2.45) is 0 Å². The maximum absolute atomic E-state index is 5.44. The van der Waals surface area contributed by atoms with Crippen LogP contribution in [0.25, 0.3) is 0 Å². The van der Waals surface area contributed by atoms with E-state index in [0.29, 0.717) is 0 Å². The number of methoxy groups -OCH3 is 1. The van der Waals surface area contributed by atoms with Crippen LogP contribution >= 0.6 is 0 Å². The highest BCUT2D eigenvalue weighted by Gasteiger charge is 2.07. The number of ether oxygens (including phenoxy) is 1. The summed E-state index contributed by atoms with van der Waals surface area (Å²) in [6, 6.07) is 0. The fraction of sp³-hybridized carbons (Fsp3) is 0.375. The third-order valence-electron chi connectivity index (χ3n) is 1.41. The van der Waals surface area contributed by atoms with Gasteiger partial charge in [0.05, 0.1) is 7.11 Å². The minimum Gasteiger partial charge on any atom is -0.364 e. The molecule has 0 aliphatic rings. The predicted molar refractivity (Wildman–Crippen MR) is 52.5 cm³/mol. The first kappa shape index (κ1) is 11.6. The number of hydrogen-bond donors (Lipinski definition) is 1. The molecule has 1 aromatic rings. The number of anilines is 2. The van der Waals surface area contributed by atoms with Crippen LogP contribution in [0.5, 0.6) is 0 Å². The summed E-state index contributed by atoms with van der Waals surface area (Å²) in [6.07, 6.45) is 0. The molecule has 0 amide bonds. The molecule has 0 saturated carbocycles. The van der Waals surface area contributed by atoms with E-state index in [2.05, 4.69) is 20.3 Å². The molecule has 0 saturated heterocycles. The van der Waals surface area contributed by atoms with E-state index in [0.717, 1.165) is 5.06 Å². The van der Waals surface area contributed by atoms with Gasteiger partial charge >= 0.3 is 0 Å². The number of aromatic nitrogens is 3. The standard InChI is InChI=1S/C8H11N5O2/c1-6-10-7(9-5-14-3)12-8(11-6)13(2)15-4/h1-2H,5H2,3-4H3,(H,9,10,11,12). The highest BCUT2D eigenvalue weighted by Crippen LogP contribution is 2.09. The minimum atomic E-state index is 0.0334. The Kier molecular flexibility index (Phi) is 4.19. The van der Waals surface area contributed by atoms with Gasteiger partial charge in [-0.05, 0) is 0 Å². The maximum Gasteiger partial charge on any atom is 0.255 e. The molecule has 1 N–H and O–H groups in total. The van der Waals surface area contributed by atoms with Crippen LogP contribution in [0.2, 0.25) is 0 Å². The SMILES string of the molecule is [CH]c1nc(NCOC)nc(N([CH])OC)n1. The van der Waals surface area contributed by atoms with Crippen LogP contribution in [-0.4, -0.2) is 35.9 Å². The van der Waals surface area contributed by atoms with Gasteiger partial charge in [-0.25, -0.2) is 5.06 Å². The van der Waals surface area contributed by atoms with Crippen LogP contribution in [0.3, 0.4) is 0 Å². The van der Waals surface area contributed by atoms with Gasteiger partial charge in [-0.2, -0.15) is 15.0 Å². The minimum absolute atomic E-state index is 0.0334. The monoisotopic (exact) mass is 209 g/mol. The summed E-state index contributed by atoms with van der Waals surface area (Å²) in [5.41, 5.74) is 0. The van der Waals surface area contributed by atoms with E-state index in [4.69, 9.17) is 23.5 Å². The van der Waals surface area contributed by atoms with E-state index in [-0.39, 0.29) is 24.5 Å². The van der Waals surface area contributed by atoms with E-state index in [1.165, 1.54) is 14.2 Å². The summed E-state index contributed by atoms with van der Waals surface area (Å²) in [4.78, 5) is 16.2. The average Bonchev–Trinajstić information content (AvgIpc) is 2.24. The summed E-state index contributed by atoms with van der Waals surface area (Å²) < 4.78 is 4.78. The van der Waals surface area contributed by atoms with Crippen LogP contribution in [0, 0.1) is 14.0 Å². The second-order valence-electron chi connectivity index (χ2n) is 2.44. The van der Waals surface area contributed by atoms with Crippen LogP contribution in [0.15, 0.2) is 0 Å². The summed E-state index contributed by atoms with van der Waals surface area (Å²) in [5, 5.41) is 3.62. The first-order valence-electron chi connectivity index (χ1n) is 4.00. The average molecular weight is 209 g/mol. The second-order valence-corrected chi connectivity index (χ2v) is 2.44. The third kappa shape index (κ3) is 3.30. The van der Waals surface area contributed by atoms with Crippen molar-refractivity contribution >= 4 is 11.9 Å². The topological polar surface area (TPSA) is 72.4 Å². The zero-order chi connectivity index (χ0) is 11.3. The van der Waals surface area contributed by atoms with E-state index in [1.54, 1.807) is 0 Å². The summed E-state index contributed by atoms with van der Waals surface area (Å²) in [7, 11) is 8.31. The van der Waals surface area contributed by atoms with Gasteiger partial charge in [-0.3, -0.25) is 4.84 Å². The third-order valence-corrected chi connectivity index (χ3v) is 1.41. The number of hydroxylamine groups is 1. The molecule has 1 heterocycles. The van der Waals surface area contributed by atoms with Crippen molar-refractivity contribution in [3.63, 3.8) is 0 Å². The van der Waals surface area contributed by atoms with E-state index >= 15 is 0 Å². The van der Waals surface area contributed by atoms with Crippen molar-refractivity contribution in [2.45, 2.75) is 0 Å². The molecule has 0 aromatic carbocycles. The van der Waals surface area contributed by atoms with Gasteiger partial charge in [0.15, 0.2) is 0 Å². The summed E-state index contributed by atoms with van der Waals surface area (Å²) >= 11 is 0. The largest absolute Gasteiger partial charge is 0.364 e. The normalized spacial score (nSPS) is 10.1. The molecule has 7 nitrogen and oxygen atoms in total. The van der Waals surface area contributed by atoms with Crippen LogP contribution in [-0.2, 0) is 9.57 Å².